The predicted octanol–water partition coefficient (Wildman–Crippen LogP) is 6.44. The van der Waals surface area contributed by atoms with Gasteiger partial charge in [-0.25, -0.2) is 9.59 Å². The van der Waals surface area contributed by atoms with E-state index in [2.05, 4.69) is 28.7 Å². The van der Waals surface area contributed by atoms with Crippen molar-refractivity contribution in [3.63, 3.8) is 0 Å². The van der Waals surface area contributed by atoms with Gasteiger partial charge in [-0.2, -0.15) is 5.26 Å². The zero-order valence-corrected chi connectivity index (χ0v) is 26.8. The molecule has 2 fully saturated rings. The molecule has 228 valence electrons. The number of carbonyl (C=O) groups excluding carboxylic acids is 2. The summed E-state index contributed by atoms with van der Waals surface area (Å²) in [5, 5.41) is 10.4. The highest BCUT2D eigenvalue weighted by Crippen LogP contribution is 2.42. The summed E-state index contributed by atoms with van der Waals surface area (Å²) >= 11 is 3.54. The maximum atomic E-state index is 13.6. The molecule has 6 atom stereocenters. The van der Waals surface area contributed by atoms with Crippen molar-refractivity contribution in [1.29, 1.82) is 5.26 Å². The largest absolute Gasteiger partial charge is 0.452 e. The van der Waals surface area contributed by atoms with Crippen LogP contribution in [0.1, 0.15) is 26.3 Å². The van der Waals surface area contributed by atoms with Gasteiger partial charge < -0.3 is 23.7 Å². The smallest absolute Gasteiger partial charge is 0.338 e. The normalized spacial score (nSPS) is 25.7. The van der Waals surface area contributed by atoms with E-state index in [0.29, 0.717) is 11.1 Å². The van der Waals surface area contributed by atoms with Crippen LogP contribution in [0.5, 0.6) is 0 Å². The third kappa shape index (κ3) is 7.24. The summed E-state index contributed by atoms with van der Waals surface area (Å²) in [6, 6.07) is 36.5. The lowest BCUT2D eigenvalue weighted by Crippen LogP contribution is -2.66. The number of fused-ring (bicyclic) bond motifs is 1. The average molecular weight is 734 g/mol. The summed E-state index contributed by atoms with van der Waals surface area (Å²) in [6.07, 6.45) is -3.85. The number of hydrogen-bond donors (Lipinski definition) is 0. The lowest BCUT2D eigenvalue weighted by Gasteiger charge is -2.50. The molecule has 10 heteroatoms. The molecule has 2 aliphatic rings. The van der Waals surface area contributed by atoms with E-state index in [1.54, 1.807) is 60.7 Å². The summed E-state index contributed by atoms with van der Waals surface area (Å²) in [5.74, 6) is -2.93. The number of carbonyl (C=O) groups is 2. The van der Waals surface area contributed by atoms with E-state index in [9.17, 15) is 14.9 Å². The van der Waals surface area contributed by atoms with Crippen LogP contribution in [-0.2, 0) is 30.1 Å². The third-order valence-corrected chi connectivity index (χ3v) is 9.66. The van der Waals surface area contributed by atoms with E-state index < -0.39 is 47.6 Å². The molecule has 4 aromatic rings. The molecule has 0 radical (unpaired) electrons. The van der Waals surface area contributed by atoms with Crippen molar-refractivity contribution >= 4 is 46.3 Å². The lowest BCUT2D eigenvalue weighted by atomic mass is 9.96. The first-order valence-electron chi connectivity index (χ1n) is 14.3. The highest BCUT2D eigenvalue weighted by molar-refractivity contribution is 14.1. The minimum atomic E-state index is -1.70. The Balaban J connectivity index is 1.38. The monoisotopic (exact) mass is 733 g/mol. The summed E-state index contributed by atoms with van der Waals surface area (Å²) < 4.78 is 32.3. The van der Waals surface area contributed by atoms with Gasteiger partial charge in [0.1, 0.15) is 23.7 Å². The van der Waals surface area contributed by atoms with Crippen LogP contribution in [0, 0.1) is 14.9 Å². The summed E-state index contributed by atoms with van der Waals surface area (Å²) in [7, 11) is 0. The fraction of sp³-hybridized carbons (Fsp3) is 0.229. The number of esters is 2. The van der Waals surface area contributed by atoms with Crippen molar-refractivity contribution in [3.8, 4) is 6.07 Å². The van der Waals surface area contributed by atoms with Gasteiger partial charge in [0.15, 0.2) is 12.2 Å². The number of ether oxygens (including phenoxy) is 5. The van der Waals surface area contributed by atoms with E-state index in [1.807, 2.05) is 54.6 Å². The fourth-order valence-corrected chi connectivity index (χ4v) is 6.93. The number of hydrogen-bond acceptors (Lipinski definition) is 9. The Bertz CT molecular complexity index is 1670. The molecule has 0 amide bonds. The van der Waals surface area contributed by atoms with Crippen LogP contribution in [0.4, 0.5) is 0 Å². The third-order valence-electron chi connectivity index (χ3n) is 7.45. The van der Waals surface area contributed by atoms with E-state index in [-0.39, 0.29) is 13.0 Å². The van der Waals surface area contributed by atoms with Crippen LogP contribution in [0.25, 0.3) is 0 Å². The SMILES string of the molecule is N#C[C@]1(Cc2ccccc2I)OC[C@H]2O[C@@H](Sc3ccccc3)[C@H](OC(=O)c3ccccc3)[C@@H](OC(=O)c3ccccc3)[C@H]2O1. The molecule has 2 saturated heterocycles. The second kappa shape index (κ2) is 14.1. The van der Waals surface area contributed by atoms with Gasteiger partial charge in [-0.3, -0.25) is 0 Å². The van der Waals surface area contributed by atoms with Gasteiger partial charge in [-0.05, 0) is 70.6 Å². The first-order valence-corrected chi connectivity index (χ1v) is 16.3. The second-order valence-corrected chi connectivity index (χ2v) is 12.8. The van der Waals surface area contributed by atoms with Gasteiger partial charge in [0.25, 0.3) is 5.79 Å². The number of nitrogens with zero attached hydrogens (tertiary/aromatic N) is 1. The molecule has 2 aliphatic heterocycles. The van der Waals surface area contributed by atoms with Crippen LogP contribution >= 0.6 is 34.4 Å². The van der Waals surface area contributed by atoms with Crippen molar-refractivity contribution in [3.05, 3.63) is 136 Å². The first-order chi connectivity index (χ1) is 21.9. The topological polar surface area (TPSA) is 104 Å². The molecule has 0 bridgehead atoms. The molecular formula is C35H28INO7S. The molecule has 45 heavy (non-hydrogen) atoms. The number of halogens is 1. The number of benzene rings is 4. The molecular weight excluding hydrogens is 705 g/mol. The molecule has 0 aromatic heterocycles. The zero-order valence-electron chi connectivity index (χ0n) is 23.9. The molecule has 6 rings (SSSR count). The van der Waals surface area contributed by atoms with Crippen LogP contribution in [0.2, 0.25) is 0 Å². The summed E-state index contributed by atoms with van der Waals surface area (Å²) in [4.78, 5) is 27.9. The molecule has 0 spiro atoms. The van der Waals surface area contributed by atoms with Crippen LogP contribution in [0.15, 0.2) is 120 Å². The van der Waals surface area contributed by atoms with E-state index in [1.165, 1.54) is 11.8 Å². The Labute approximate surface area is 278 Å². The predicted molar refractivity (Wildman–Crippen MR) is 174 cm³/mol. The molecule has 0 aliphatic carbocycles. The Morgan fingerprint density at radius 1 is 0.822 bits per heavy atom. The zero-order chi connectivity index (χ0) is 31.2. The second-order valence-electron chi connectivity index (χ2n) is 10.5. The van der Waals surface area contributed by atoms with Crippen molar-refractivity contribution in [2.75, 3.05) is 6.61 Å². The molecule has 4 aromatic carbocycles. The van der Waals surface area contributed by atoms with Gasteiger partial charge in [0, 0.05) is 14.9 Å². The number of thioether (sulfide) groups is 1. The maximum Gasteiger partial charge on any atom is 0.338 e. The summed E-state index contributed by atoms with van der Waals surface area (Å²) in [5.41, 5.74) is 0.705. The Morgan fingerprint density at radius 2 is 1.38 bits per heavy atom. The molecule has 8 nitrogen and oxygen atoms in total. The molecule has 2 heterocycles. The van der Waals surface area contributed by atoms with E-state index in [0.717, 1.165) is 14.0 Å². The van der Waals surface area contributed by atoms with E-state index in [4.69, 9.17) is 23.7 Å². The molecule has 0 saturated carbocycles. The van der Waals surface area contributed by atoms with Gasteiger partial charge in [-0.15, -0.1) is 0 Å². The summed E-state index contributed by atoms with van der Waals surface area (Å²) in [6.45, 7) is -0.00771. The van der Waals surface area contributed by atoms with Crippen molar-refractivity contribution in [2.45, 2.75) is 47.0 Å². The van der Waals surface area contributed by atoms with Crippen LogP contribution < -0.4 is 0 Å². The minimum Gasteiger partial charge on any atom is -0.452 e. The maximum absolute atomic E-state index is 13.6. The van der Waals surface area contributed by atoms with Gasteiger partial charge >= 0.3 is 11.9 Å². The lowest BCUT2D eigenvalue weighted by molar-refractivity contribution is -0.340. The Hall–Kier alpha value is -3.73. The van der Waals surface area contributed by atoms with Gasteiger partial charge in [0.2, 0.25) is 0 Å². The van der Waals surface area contributed by atoms with Crippen LogP contribution in [-0.4, -0.2) is 54.2 Å². The van der Waals surface area contributed by atoms with Crippen molar-refractivity contribution in [1.82, 2.24) is 0 Å². The molecule has 0 N–H and O–H groups in total. The van der Waals surface area contributed by atoms with Gasteiger partial charge in [-0.1, -0.05) is 84.6 Å². The average Bonchev–Trinajstić information content (AvgIpc) is 3.08. The van der Waals surface area contributed by atoms with E-state index >= 15 is 0 Å². The van der Waals surface area contributed by atoms with Gasteiger partial charge in [0.05, 0.1) is 17.7 Å². The standard InChI is InChI=1S/C35H28INO7S/c36-27-19-11-10-16-25(27)20-35(22-37)40-21-28-29(44-35)30(42-32(38)23-12-4-1-5-13-23)31(43-33(39)24-14-6-2-7-15-24)34(41-28)45-26-17-8-3-9-18-26/h1-19,28-31,34H,20-21H2/t28-,29+,30+,31-,34+,35-/m1/s1. The fourth-order valence-electron chi connectivity index (χ4n) is 5.23. The highest BCUT2D eigenvalue weighted by atomic mass is 127. The first kappa shape index (κ1) is 31.3. The number of nitriles is 1. The Kier molecular flexibility index (Phi) is 9.82. The molecule has 0 unspecified atom stereocenters. The highest BCUT2D eigenvalue weighted by Gasteiger charge is 2.57. The van der Waals surface area contributed by atoms with Crippen LogP contribution in [0.3, 0.4) is 0 Å². The quantitative estimate of drug-likeness (QED) is 0.150. The Morgan fingerprint density at radius 3 is 1.98 bits per heavy atom. The van der Waals surface area contributed by atoms with Crippen molar-refractivity contribution < 1.29 is 33.3 Å². The van der Waals surface area contributed by atoms with Crippen molar-refractivity contribution in [2.24, 2.45) is 0 Å². The number of rotatable bonds is 8. The minimum absolute atomic E-state index is 0.00771.